The first-order valence-electron chi connectivity index (χ1n) is 6.38. The molecule has 21 heavy (non-hydrogen) atoms. The van der Waals surface area contributed by atoms with Gasteiger partial charge >= 0.3 is 0 Å². The van der Waals surface area contributed by atoms with Gasteiger partial charge in [0.25, 0.3) is 0 Å². The van der Waals surface area contributed by atoms with Crippen molar-refractivity contribution in [3.05, 3.63) is 47.9 Å². The smallest absolute Gasteiger partial charge is 0.247 e. The third-order valence-electron chi connectivity index (χ3n) is 3.02. The molecule has 6 nitrogen and oxygen atoms in total. The molecular formula is C14H15FN4O2. The lowest BCUT2D eigenvalue weighted by Crippen LogP contribution is -2.26. The predicted octanol–water partition coefficient (Wildman–Crippen LogP) is 0.820. The Morgan fingerprint density at radius 3 is 2.71 bits per heavy atom. The van der Waals surface area contributed by atoms with Gasteiger partial charge in [0.2, 0.25) is 11.8 Å². The maximum atomic E-state index is 12.7. The molecule has 0 aliphatic carbocycles. The number of hydrogen-bond donors (Lipinski definition) is 3. The Bertz CT molecular complexity index is 567. The molecule has 1 aromatic carbocycles. The molecule has 0 aromatic heterocycles. The summed E-state index contributed by atoms with van der Waals surface area (Å²) in [5.74, 6) is -1.24. The fourth-order valence-electron chi connectivity index (χ4n) is 1.84. The fraction of sp³-hybridized carbons (Fsp3) is 0.214. The van der Waals surface area contributed by atoms with Gasteiger partial charge < -0.3 is 5.43 Å². The van der Waals surface area contributed by atoms with E-state index >= 15 is 0 Å². The van der Waals surface area contributed by atoms with Gasteiger partial charge in [-0.3, -0.25) is 15.0 Å². The number of carbonyl (C=O) groups excluding carboxylic acids is 2. The summed E-state index contributed by atoms with van der Waals surface area (Å²) in [6, 6.07) is 5.70. The average molecular weight is 290 g/mol. The lowest BCUT2D eigenvalue weighted by Gasteiger charge is -2.05. The standard InChI is InChI=1S/C14H15FN4O2/c1-9-12(14(21)19-17-9)6-7-13(20)18-16-8-10-2-4-11(15)5-3-10/h2-5,8,12,17H,1,6-7H2,(H,18,20)(H,19,21). The number of benzene rings is 1. The van der Waals surface area contributed by atoms with Gasteiger partial charge in [-0.05, 0) is 24.1 Å². The molecule has 7 heteroatoms. The highest BCUT2D eigenvalue weighted by atomic mass is 19.1. The minimum Gasteiger partial charge on any atom is -0.303 e. The maximum absolute atomic E-state index is 12.7. The van der Waals surface area contributed by atoms with Crippen LogP contribution in [0.15, 0.2) is 41.6 Å². The van der Waals surface area contributed by atoms with E-state index in [1.54, 1.807) is 12.1 Å². The molecule has 0 saturated carbocycles. The van der Waals surface area contributed by atoms with Crippen molar-refractivity contribution in [2.75, 3.05) is 0 Å². The SMILES string of the molecule is C=C1NNC(=O)C1CCC(=O)NN=Cc1ccc(F)cc1. The first-order chi connectivity index (χ1) is 10.1. The van der Waals surface area contributed by atoms with E-state index in [9.17, 15) is 14.0 Å². The van der Waals surface area contributed by atoms with Gasteiger partial charge in [0.05, 0.1) is 12.1 Å². The van der Waals surface area contributed by atoms with E-state index in [0.717, 1.165) is 0 Å². The van der Waals surface area contributed by atoms with E-state index < -0.39 is 5.92 Å². The van der Waals surface area contributed by atoms with E-state index in [-0.39, 0.29) is 24.1 Å². The first-order valence-corrected chi connectivity index (χ1v) is 6.38. The third-order valence-corrected chi connectivity index (χ3v) is 3.02. The monoisotopic (exact) mass is 290 g/mol. The molecule has 0 bridgehead atoms. The van der Waals surface area contributed by atoms with E-state index in [1.165, 1.54) is 18.3 Å². The van der Waals surface area contributed by atoms with Crippen LogP contribution in [0.25, 0.3) is 0 Å². The van der Waals surface area contributed by atoms with Crippen LogP contribution >= 0.6 is 0 Å². The van der Waals surface area contributed by atoms with Gasteiger partial charge in [0.1, 0.15) is 5.82 Å². The lowest BCUT2D eigenvalue weighted by atomic mass is 10.0. The van der Waals surface area contributed by atoms with Crippen molar-refractivity contribution < 1.29 is 14.0 Å². The number of carbonyl (C=O) groups is 2. The molecule has 3 N–H and O–H groups in total. The number of amides is 2. The molecule has 1 aliphatic rings. The molecule has 2 rings (SSSR count). The van der Waals surface area contributed by atoms with E-state index in [0.29, 0.717) is 17.7 Å². The molecule has 110 valence electrons. The van der Waals surface area contributed by atoms with Crippen LogP contribution in [0.4, 0.5) is 4.39 Å². The van der Waals surface area contributed by atoms with Gasteiger partial charge in [-0.25, -0.2) is 9.82 Å². The molecule has 1 saturated heterocycles. The summed E-state index contributed by atoms with van der Waals surface area (Å²) in [6.45, 7) is 3.69. The van der Waals surface area contributed by atoms with Crippen LogP contribution in [-0.2, 0) is 9.59 Å². The van der Waals surface area contributed by atoms with Crippen LogP contribution in [0.2, 0.25) is 0 Å². The first kappa shape index (κ1) is 14.7. The normalized spacial score (nSPS) is 17.7. The minimum atomic E-state index is -0.406. The second-order valence-electron chi connectivity index (χ2n) is 4.58. The number of hydrazone groups is 1. The number of nitrogens with one attached hydrogen (secondary N) is 3. The van der Waals surface area contributed by atoms with Crippen molar-refractivity contribution in [3.8, 4) is 0 Å². The summed E-state index contributed by atoms with van der Waals surface area (Å²) in [7, 11) is 0. The molecule has 1 aliphatic heterocycles. The van der Waals surface area contributed by atoms with Gasteiger partial charge in [-0.1, -0.05) is 18.7 Å². The minimum absolute atomic E-state index is 0.152. The Labute approximate surface area is 121 Å². The summed E-state index contributed by atoms with van der Waals surface area (Å²) in [6.07, 6.45) is 1.93. The van der Waals surface area contributed by atoms with Crippen molar-refractivity contribution >= 4 is 18.0 Å². The van der Waals surface area contributed by atoms with Crippen LogP contribution in [0.3, 0.4) is 0 Å². The van der Waals surface area contributed by atoms with E-state index in [4.69, 9.17) is 0 Å². The number of hydrogen-bond acceptors (Lipinski definition) is 4. The Morgan fingerprint density at radius 2 is 2.10 bits per heavy atom. The third kappa shape index (κ3) is 4.13. The highest BCUT2D eigenvalue weighted by Gasteiger charge is 2.27. The number of nitrogens with zero attached hydrogens (tertiary/aromatic N) is 1. The number of rotatable bonds is 5. The predicted molar refractivity (Wildman–Crippen MR) is 75.3 cm³/mol. The summed E-state index contributed by atoms with van der Waals surface area (Å²) < 4.78 is 12.7. The van der Waals surface area contributed by atoms with Crippen molar-refractivity contribution in [1.82, 2.24) is 16.3 Å². The van der Waals surface area contributed by atoms with Gasteiger partial charge in [0, 0.05) is 12.1 Å². The van der Waals surface area contributed by atoms with Gasteiger partial charge in [-0.15, -0.1) is 0 Å². The van der Waals surface area contributed by atoms with Crippen LogP contribution < -0.4 is 16.3 Å². The molecule has 0 radical (unpaired) electrons. The number of hydrazine groups is 1. The van der Waals surface area contributed by atoms with E-state index in [2.05, 4.69) is 28.0 Å². The van der Waals surface area contributed by atoms with Crippen LogP contribution in [0.5, 0.6) is 0 Å². The summed E-state index contributed by atoms with van der Waals surface area (Å²) in [5.41, 5.74) is 8.64. The van der Waals surface area contributed by atoms with Crippen LogP contribution in [0, 0.1) is 11.7 Å². The lowest BCUT2D eigenvalue weighted by molar-refractivity contribution is -0.123. The van der Waals surface area contributed by atoms with Crippen LogP contribution in [-0.4, -0.2) is 18.0 Å². The number of halogens is 1. The molecule has 1 heterocycles. The highest BCUT2D eigenvalue weighted by molar-refractivity contribution is 5.85. The summed E-state index contributed by atoms with van der Waals surface area (Å²) in [4.78, 5) is 23.0. The Hall–Kier alpha value is -2.70. The molecule has 1 atom stereocenters. The van der Waals surface area contributed by atoms with Crippen molar-refractivity contribution in [1.29, 1.82) is 0 Å². The zero-order valence-corrected chi connectivity index (χ0v) is 11.2. The quantitative estimate of drug-likeness (QED) is 0.554. The van der Waals surface area contributed by atoms with Gasteiger partial charge in [-0.2, -0.15) is 5.10 Å². The highest BCUT2D eigenvalue weighted by Crippen LogP contribution is 2.17. The Kier molecular flexibility index (Phi) is 4.65. The van der Waals surface area contributed by atoms with E-state index in [1.807, 2.05) is 0 Å². The largest absolute Gasteiger partial charge is 0.303 e. The molecule has 1 fully saturated rings. The van der Waals surface area contributed by atoms with Crippen molar-refractivity contribution in [2.24, 2.45) is 11.0 Å². The topological polar surface area (TPSA) is 82.6 Å². The zero-order valence-electron chi connectivity index (χ0n) is 11.2. The molecular weight excluding hydrogens is 275 g/mol. The summed E-state index contributed by atoms with van der Waals surface area (Å²) in [5, 5.41) is 3.77. The Morgan fingerprint density at radius 1 is 1.38 bits per heavy atom. The van der Waals surface area contributed by atoms with Crippen molar-refractivity contribution in [2.45, 2.75) is 12.8 Å². The Balaban J connectivity index is 1.76. The fourth-order valence-corrected chi connectivity index (χ4v) is 1.84. The molecule has 1 aromatic rings. The molecule has 1 unspecified atom stereocenters. The zero-order chi connectivity index (χ0) is 15.2. The van der Waals surface area contributed by atoms with Crippen LogP contribution in [0.1, 0.15) is 18.4 Å². The molecule has 2 amide bonds. The maximum Gasteiger partial charge on any atom is 0.247 e. The second kappa shape index (κ2) is 6.65. The van der Waals surface area contributed by atoms with Gasteiger partial charge in [0.15, 0.2) is 0 Å². The average Bonchev–Trinajstić information content (AvgIpc) is 2.78. The molecule has 0 spiro atoms. The summed E-state index contributed by atoms with van der Waals surface area (Å²) >= 11 is 0. The van der Waals surface area contributed by atoms with Crippen molar-refractivity contribution in [3.63, 3.8) is 0 Å². The second-order valence-corrected chi connectivity index (χ2v) is 4.58.